The first kappa shape index (κ1) is 12.8. The molecule has 0 heterocycles. The summed E-state index contributed by atoms with van der Waals surface area (Å²) in [5, 5.41) is 2.41. The molecule has 0 aliphatic rings. The molecule has 2 amide bonds. The number of hydrogen-bond donors (Lipinski definition) is 2. The van der Waals surface area contributed by atoms with Gasteiger partial charge in [0.2, 0.25) is 0 Å². The Morgan fingerprint density at radius 3 is 2.60 bits per heavy atom. The Labute approximate surface area is 81.0 Å². The van der Waals surface area contributed by atoms with Crippen molar-refractivity contribution >= 4 is 6.03 Å². The zero-order valence-electron chi connectivity index (χ0n) is 6.39. The summed E-state index contributed by atoms with van der Waals surface area (Å²) in [5.41, 5.74) is 4.79. The molecule has 1 atom stereocenters. The molecule has 0 rings (SSSR count). The number of amides is 2. The summed E-state index contributed by atoms with van der Waals surface area (Å²) in [6.07, 6.45) is 0.0255. The number of methoxy groups -OCH3 is 1. The summed E-state index contributed by atoms with van der Waals surface area (Å²) in [6.45, 7) is 2.31. The van der Waals surface area contributed by atoms with Gasteiger partial charge in [0.15, 0.2) is 0 Å². The molecule has 0 aliphatic carbocycles. The second kappa shape index (κ2) is 7.27. The predicted octanol–water partition coefficient (Wildman–Crippen LogP) is -0.313. The summed E-state index contributed by atoms with van der Waals surface area (Å²) in [7, 11) is 1.58. The fourth-order valence-corrected chi connectivity index (χ4v) is 0.328. The van der Waals surface area contributed by atoms with Crippen LogP contribution < -0.4 is 11.1 Å². The molecule has 1 unspecified atom stereocenters. The molecule has 0 spiro atoms. The SMILES string of the molecule is COC(C)CNC(N)=O.[Hg+2]. The first-order valence-electron chi connectivity index (χ1n) is 2.73. The number of primary amides is 1. The van der Waals surface area contributed by atoms with Gasteiger partial charge in [-0.25, -0.2) is 4.79 Å². The van der Waals surface area contributed by atoms with E-state index in [1.807, 2.05) is 6.92 Å². The van der Waals surface area contributed by atoms with Crippen LogP contribution in [0.1, 0.15) is 6.92 Å². The van der Waals surface area contributed by atoms with Crippen LogP contribution in [0.2, 0.25) is 0 Å². The molecule has 0 aliphatic heterocycles. The molecule has 0 radical (unpaired) electrons. The van der Waals surface area contributed by atoms with Crippen LogP contribution >= 0.6 is 0 Å². The third-order valence-corrected chi connectivity index (χ3v) is 0.966. The van der Waals surface area contributed by atoms with Gasteiger partial charge in [-0.15, -0.1) is 0 Å². The van der Waals surface area contributed by atoms with Crippen molar-refractivity contribution in [3.63, 3.8) is 0 Å². The van der Waals surface area contributed by atoms with E-state index in [0.717, 1.165) is 0 Å². The number of carbonyl (C=O) groups excluding carboxylic acids is 1. The van der Waals surface area contributed by atoms with Gasteiger partial charge in [-0.3, -0.25) is 0 Å². The fourth-order valence-electron chi connectivity index (χ4n) is 0.328. The van der Waals surface area contributed by atoms with Gasteiger partial charge in [-0.1, -0.05) is 0 Å². The van der Waals surface area contributed by atoms with Crippen molar-refractivity contribution in [2.45, 2.75) is 13.0 Å². The number of carbonyl (C=O) groups is 1. The van der Waals surface area contributed by atoms with E-state index in [9.17, 15) is 4.79 Å². The van der Waals surface area contributed by atoms with Gasteiger partial charge in [0.05, 0.1) is 6.10 Å². The Bertz CT molecular complexity index is 99.6. The van der Waals surface area contributed by atoms with Crippen LogP contribution in [0.15, 0.2) is 0 Å². The Morgan fingerprint density at radius 1 is 1.80 bits per heavy atom. The molecule has 0 aromatic rings. The van der Waals surface area contributed by atoms with E-state index in [2.05, 4.69) is 5.32 Å². The average molecular weight is 333 g/mol. The minimum Gasteiger partial charge on any atom is -0.380 e. The molecule has 0 aromatic carbocycles. The van der Waals surface area contributed by atoms with Gasteiger partial charge in [0.1, 0.15) is 0 Å². The minimum absolute atomic E-state index is 0. The summed E-state index contributed by atoms with van der Waals surface area (Å²) in [5.74, 6) is 0. The van der Waals surface area contributed by atoms with Crippen LogP contribution in [0, 0.1) is 0 Å². The van der Waals surface area contributed by atoms with E-state index in [4.69, 9.17) is 10.5 Å². The molecule has 4 nitrogen and oxygen atoms in total. The zero-order valence-corrected chi connectivity index (χ0v) is 11.9. The fraction of sp³-hybridized carbons (Fsp3) is 0.800. The van der Waals surface area contributed by atoms with Crippen molar-refractivity contribution in [1.29, 1.82) is 0 Å². The van der Waals surface area contributed by atoms with Gasteiger partial charge in [0, 0.05) is 13.7 Å². The standard InChI is InChI=1S/C5H12N2O2.Hg/c1-4(9-2)3-7-5(6)8;/h4H,3H2,1-2H3,(H3,6,7,8);/q;+2. The number of urea groups is 1. The second-order valence-electron chi connectivity index (χ2n) is 1.79. The van der Waals surface area contributed by atoms with Gasteiger partial charge in [0.25, 0.3) is 0 Å². The third-order valence-electron chi connectivity index (χ3n) is 0.966. The summed E-state index contributed by atoms with van der Waals surface area (Å²) in [4.78, 5) is 10.1. The number of rotatable bonds is 3. The predicted molar refractivity (Wildman–Crippen MR) is 34.1 cm³/mol. The molecule has 0 saturated carbocycles. The van der Waals surface area contributed by atoms with Crippen LogP contribution in [0.3, 0.4) is 0 Å². The number of ether oxygens (including phenoxy) is 1. The molecule has 3 N–H and O–H groups in total. The van der Waals surface area contributed by atoms with E-state index < -0.39 is 6.03 Å². The molecule has 0 fully saturated rings. The van der Waals surface area contributed by atoms with E-state index in [1.54, 1.807) is 7.11 Å². The molecule has 54 valence electrons. The summed E-state index contributed by atoms with van der Waals surface area (Å²) in [6, 6.07) is -0.515. The molecule has 0 bridgehead atoms. The maximum atomic E-state index is 10.1. The van der Waals surface area contributed by atoms with Crippen LogP contribution in [0.25, 0.3) is 0 Å². The molecule has 0 aromatic heterocycles. The van der Waals surface area contributed by atoms with Gasteiger partial charge in [-0.05, 0) is 6.92 Å². The summed E-state index contributed by atoms with van der Waals surface area (Å²) < 4.78 is 4.83. The van der Waals surface area contributed by atoms with Crippen LogP contribution in [0.5, 0.6) is 0 Å². The van der Waals surface area contributed by atoms with E-state index in [1.165, 1.54) is 0 Å². The third kappa shape index (κ3) is 8.17. The molecule has 0 saturated heterocycles. The van der Waals surface area contributed by atoms with Crippen molar-refractivity contribution in [2.75, 3.05) is 13.7 Å². The average Bonchev–Trinajstić information content (AvgIpc) is 1.83. The minimum atomic E-state index is -0.515. The Morgan fingerprint density at radius 2 is 2.30 bits per heavy atom. The van der Waals surface area contributed by atoms with E-state index >= 15 is 0 Å². The van der Waals surface area contributed by atoms with Crippen molar-refractivity contribution in [3.8, 4) is 0 Å². The van der Waals surface area contributed by atoms with Gasteiger partial charge in [-0.2, -0.15) is 0 Å². The second-order valence-corrected chi connectivity index (χ2v) is 1.79. The molecular formula is C5H12HgN2O2+2. The monoisotopic (exact) mass is 334 g/mol. The van der Waals surface area contributed by atoms with Crippen molar-refractivity contribution in [1.82, 2.24) is 5.32 Å². The first-order chi connectivity index (χ1) is 4.16. The number of nitrogens with two attached hydrogens (primary N) is 1. The van der Waals surface area contributed by atoms with Crippen LogP contribution in [-0.2, 0) is 32.4 Å². The maximum absolute atomic E-state index is 10.1. The normalized spacial score (nSPS) is 11.4. The van der Waals surface area contributed by atoms with Crippen molar-refractivity contribution in [2.24, 2.45) is 5.73 Å². The Kier molecular flexibility index (Phi) is 9.32. The Hall–Kier alpha value is 0.165. The topological polar surface area (TPSA) is 64.3 Å². The van der Waals surface area contributed by atoms with Crippen LogP contribution in [0.4, 0.5) is 4.79 Å². The Balaban J connectivity index is 0. The number of nitrogens with one attached hydrogen (secondary N) is 1. The van der Waals surface area contributed by atoms with E-state index in [0.29, 0.717) is 6.54 Å². The van der Waals surface area contributed by atoms with Crippen LogP contribution in [-0.4, -0.2) is 25.8 Å². The zero-order chi connectivity index (χ0) is 7.28. The summed E-state index contributed by atoms with van der Waals surface area (Å²) >= 11 is 0. The molecule has 5 heteroatoms. The van der Waals surface area contributed by atoms with Gasteiger partial charge >= 0.3 is 33.7 Å². The van der Waals surface area contributed by atoms with Crippen molar-refractivity contribution in [3.05, 3.63) is 0 Å². The maximum Gasteiger partial charge on any atom is 2.00 e. The van der Waals surface area contributed by atoms with Crippen molar-refractivity contribution < 1.29 is 37.2 Å². The first-order valence-corrected chi connectivity index (χ1v) is 2.73. The smallest absolute Gasteiger partial charge is 0.380 e. The number of hydrogen-bond acceptors (Lipinski definition) is 2. The molecule has 10 heavy (non-hydrogen) atoms. The molecular weight excluding hydrogens is 321 g/mol. The van der Waals surface area contributed by atoms with Gasteiger partial charge < -0.3 is 15.8 Å². The largest absolute Gasteiger partial charge is 2.00 e. The quantitative estimate of drug-likeness (QED) is 0.696. The van der Waals surface area contributed by atoms with E-state index in [-0.39, 0.29) is 33.8 Å².